The van der Waals surface area contributed by atoms with Crippen molar-refractivity contribution in [2.75, 3.05) is 6.61 Å². The number of rotatable bonds is 5. The first-order valence-corrected chi connectivity index (χ1v) is 3.65. The fourth-order valence-corrected chi connectivity index (χ4v) is 0.537. The smallest absolute Gasteiger partial charge is 0.313 e. The fourth-order valence-electron chi connectivity index (χ4n) is 0.537. The Kier molecular flexibility index (Phi) is 5.15. The Balaban J connectivity index is 3.30. The maximum absolute atomic E-state index is 10.7. The van der Waals surface area contributed by atoms with E-state index < -0.39 is 5.97 Å². The van der Waals surface area contributed by atoms with E-state index in [2.05, 4.69) is 0 Å². The minimum absolute atomic E-state index is 0.0935. The molecule has 0 saturated heterocycles. The number of unbranched alkanes of at least 4 members (excludes halogenated alkanes) is 1. The van der Waals surface area contributed by atoms with Crippen molar-refractivity contribution < 1.29 is 9.53 Å². The summed E-state index contributed by atoms with van der Waals surface area (Å²) in [6.45, 7) is 2.45. The molecule has 0 aliphatic carbocycles. The lowest BCUT2D eigenvalue weighted by Gasteiger charge is -2.01. The molecule has 0 saturated carbocycles. The van der Waals surface area contributed by atoms with Crippen LogP contribution in [0.25, 0.3) is 0 Å². The van der Waals surface area contributed by atoms with Gasteiger partial charge in [-0.25, -0.2) is 0 Å². The fraction of sp³-hybridized carbons (Fsp3) is 0.714. The van der Waals surface area contributed by atoms with Crippen molar-refractivity contribution in [1.82, 2.24) is 0 Å². The lowest BCUT2D eigenvalue weighted by Crippen LogP contribution is -2.17. The van der Waals surface area contributed by atoms with Gasteiger partial charge in [-0.1, -0.05) is 13.3 Å². The molecule has 0 aromatic heterocycles. The summed E-state index contributed by atoms with van der Waals surface area (Å²) in [7, 11) is 0. The zero-order valence-corrected chi connectivity index (χ0v) is 6.72. The molecule has 0 aliphatic heterocycles. The average molecular weight is 158 g/mol. The van der Waals surface area contributed by atoms with E-state index in [-0.39, 0.29) is 12.3 Å². The molecule has 0 rings (SSSR count). The van der Waals surface area contributed by atoms with E-state index in [0.717, 1.165) is 12.8 Å². The van der Waals surface area contributed by atoms with Crippen LogP contribution >= 0.6 is 0 Å². The second-order valence-corrected chi connectivity index (χ2v) is 2.28. The highest BCUT2D eigenvalue weighted by Crippen LogP contribution is 1.90. The van der Waals surface area contributed by atoms with Crippen molar-refractivity contribution >= 4 is 11.8 Å². The molecule has 64 valence electrons. The number of esters is 1. The highest BCUT2D eigenvalue weighted by Gasteiger charge is 2.02. The van der Waals surface area contributed by atoms with Gasteiger partial charge in [0.1, 0.15) is 12.3 Å². The molecular weight excluding hydrogens is 144 g/mol. The van der Waals surface area contributed by atoms with Gasteiger partial charge in [-0.3, -0.25) is 10.2 Å². The number of hydrogen-bond acceptors (Lipinski definition) is 3. The summed E-state index contributed by atoms with van der Waals surface area (Å²) in [5, 5.41) is 6.78. The molecule has 0 radical (unpaired) electrons. The number of hydrogen-bond donors (Lipinski definition) is 2. The Morgan fingerprint density at radius 1 is 1.64 bits per heavy atom. The number of amidine groups is 1. The molecule has 0 fully saturated rings. The monoisotopic (exact) mass is 158 g/mol. The van der Waals surface area contributed by atoms with Crippen LogP contribution in [0.5, 0.6) is 0 Å². The Morgan fingerprint density at radius 3 is 2.73 bits per heavy atom. The highest BCUT2D eigenvalue weighted by molar-refractivity contribution is 5.94. The van der Waals surface area contributed by atoms with Crippen molar-refractivity contribution in [3.8, 4) is 0 Å². The molecule has 4 nitrogen and oxygen atoms in total. The van der Waals surface area contributed by atoms with Crippen molar-refractivity contribution in [2.24, 2.45) is 5.73 Å². The third kappa shape index (κ3) is 6.83. The number of ether oxygens (including phenoxy) is 1. The van der Waals surface area contributed by atoms with E-state index in [4.69, 9.17) is 15.9 Å². The van der Waals surface area contributed by atoms with Crippen LogP contribution in [0.1, 0.15) is 26.2 Å². The summed E-state index contributed by atoms with van der Waals surface area (Å²) >= 11 is 0. The Bertz CT molecular complexity index is 145. The summed E-state index contributed by atoms with van der Waals surface area (Å²) in [6.07, 6.45) is 1.76. The van der Waals surface area contributed by atoms with E-state index in [1.54, 1.807) is 0 Å². The lowest BCUT2D eigenvalue weighted by atomic mass is 10.3. The van der Waals surface area contributed by atoms with E-state index in [1.807, 2.05) is 6.92 Å². The Labute approximate surface area is 66.2 Å². The van der Waals surface area contributed by atoms with E-state index in [0.29, 0.717) is 6.61 Å². The van der Waals surface area contributed by atoms with Crippen LogP contribution in [0.15, 0.2) is 0 Å². The average Bonchev–Trinajstić information content (AvgIpc) is 1.86. The second kappa shape index (κ2) is 5.70. The molecule has 0 heterocycles. The summed E-state index contributed by atoms with van der Waals surface area (Å²) in [5.41, 5.74) is 4.98. The Morgan fingerprint density at radius 2 is 2.27 bits per heavy atom. The normalized spacial score (nSPS) is 9.18. The van der Waals surface area contributed by atoms with Gasteiger partial charge in [0.05, 0.1) is 6.61 Å². The molecule has 0 spiro atoms. The van der Waals surface area contributed by atoms with Crippen molar-refractivity contribution in [1.29, 1.82) is 5.41 Å². The van der Waals surface area contributed by atoms with Crippen LogP contribution in [0.2, 0.25) is 0 Å². The molecule has 0 aliphatic rings. The predicted molar refractivity (Wildman–Crippen MR) is 42.4 cm³/mol. The summed E-state index contributed by atoms with van der Waals surface area (Å²) < 4.78 is 4.73. The molecule has 0 amide bonds. The SMILES string of the molecule is CCCCOC(=O)CC(=N)N. The first-order valence-electron chi connectivity index (χ1n) is 3.65. The minimum atomic E-state index is -0.411. The number of carbonyl (C=O) groups excluding carboxylic acids is 1. The second-order valence-electron chi connectivity index (χ2n) is 2.28. The van der Waals surface area contributed by atoms with E-state index in [1.165, 1.54) is 0 Å². The quantitative estimate of drug-likeness (QED) is 0.267. The van der Waals surface area contributed by atoms with Gasteiger partial charge in [-0.2, -0.15) is 0 Å². The molecule has 0 aromatic rings. The molecule has 4 heteroatoms. The van der Waals surface area contributed by atoms with Gasteiger partial charge < -0.3 is 10.5 Å². The van der Waals surface area contributed by atoms with Gasteiger partial charge in [-0.05, 0) is 6.42 Å². The Hall–Kier alpha value is -1.06. The van der Waals surface area contributed by atoms with Crippen molar-refractivity contribution in [3.63, 3.8) is 0 Å². The molecule has 0 unspecified atom stereocenters. The van der Waals surface area contributed by atoms with Crippen molar-refractivity contribution in [2.45, 2.75) is 26.2 Å². The van der Waals surface area contributed by atoms with Crippen LogP contribution in [-0.4, -0.2) is 18.4 Å². The predicted octanol–water partition coefficient (Wildman–Crippen LogP) is 0.656. The van der Waals surface area contributed by atoms with E-state index in [9.17, 15) is 4.79 Å². The molecular formula is C7H14N2O2. The van der Waals surface area contributed by atoms with Crippen LogP contribution in [0.3, 0.4) is 0 Å². The maximum Gasteiger partial charge on any atom is 0.313 e. The van der Waals surface area contributed by atoms with Gasteiger partial charge in [-0.15, -0.1) is 0 Å². The van der Waals surface area contributed by atoms with Crippen LogP contribution in [0, 0.1) is 5.41 Å². The maximum atomic E-state index is 10.7. The van der Waals surface area contributed by atoms with Gasteiger partial charge in [0.2, 0.25) is 0 Å². The molecule has 3 N–H and O–H groups in total. The third-order valence-electron chi connectivity index (χ3n) is 1.10. The first-order chi connectivity index (χ1) is 5.16. The number of carbonyl (C=O) groups is 1. The van der Waals surface area contributed by atoms with Crippen LogP contribution in [0.4, 0.5) is 0 Å². The molecule has 0 bridgehead atoms. The molecule has 0 atom stereocenters. The first kappa shape index (κ1) is 9.94. The number of nitrogens with one attached hydrogen (secondary N) is 1. The lowest BCUT2D eigenvalue weighted by molar-refractivity contribution is -0.142. The number of nitrogens with two attached hydrogens (primary N) is 1. The van der Waals surface area contributed by atoms with Crippen LogP contribution < -0.4 is 5.73 Å². The standard InChI is InChI=1S/C7H14N2O2/c1-2-3-4-11-7(10)5-6(8)9/h2-5H2,1H3,(H3,8,9). The largest absolute Gasteiger partial charge is 0.465 e. The minimum Gasteiger partial charge on any atom is -0.465 e. The van der Waals surface area contributed by atoms with Crippen LogP contribution in [-0.2, 0) is 9.53 Å². The van der Waals surface area contributed by atoms with E-state index >= 15 is 0 Å². The van der Waals surface area contributed by atoms with Gasteiger partial charge in [0, 0.05) is 0 Å². The van der Waals surface area contributed by atoms with Crippen molar-refractivity contribution in [3.05, 3.63) is 0 Å². The topological polar surface area (TPSA) is 76.2 Å². The van der Waals surface area contributed by atoms with Gasteiger partial charge in [0.15, 0.2) is 0 Å². The molecule has 0 aromatic carbocycles. The zero-order valence-electron chi connectivity index (χ0n) is 6.72. The zero-order chi connectivity index (χ0) is 8.69. The third-order valence-corrected chi connectivity index (χ3v) is 1.10. The summed E-state index contributed by atoms with van der Waals surface area (Å²) in [6, 6.07) is 0. The van der Waals surface area contributed by atoms with Gasteiger partial charge in [0.25, 0.3) is 0 Å². The summed E-state index contributed by atoms with van der Waals surface area (Å²) in [5.74, 6) is -0.558. The summed E-state index contributed by atoms with van der Waals surface area (Å²) in [4.78, 5) is 10.7. The highest BCUT2D eigenvalue weighted by atomic mass is 16.5. The molecule has 11 heavy (non-hydrogen) atoms. The van der Waals surface area contributed by atoms with Gasteiger partial charge >= 0.3 is 5.97 Å².